The van der Waals surface area contributed by atoms with Crippen molar-refractivity contribution in [2.24, 2.45) is 11.3 Å². The average molecular weight is 249 g/mol. The molecule has 0 aromatic heterocycles. The van der Waals surface area contributed by atoms with Crippen molar-refractivity contribution >= 4 is 11.6 Å². The van der Waals surface area contributed by atoms with Gasteiger partial charge in [-0.3, -0.25) is 4.79 Å². The predicted molar refractivity (Wildman–Crippen MR) is 74.7 cm³/mol. The van der Waals surface area contributed by atoms with Crippen molar-refractivity contribution < 1.29 is 9.90 Å². The van der Waals surface area contributed by atoms with Crippen molar-refractivity contribution in [2.45, 2.75) is 41.0 Å². The minimum Gasteiger partial charge on any atom is -0.508 e. The Kier molecular flexibility index (Phi) is 4.38. The van der Waals surface area contributed by atoms with E-state index in [1.54, 1.807) is 18.2 Å². The summed E-state index contributed by atoms with van der Waals surface area (Å²) in [7, 11) is 0. The van der Waals surface area contributed by atoms with Gasteiger partial charge in [0.25, 0.3) is 0 Å². The molecule has 3 heteroatoms. The van der Waals surface area contributed by atoms with E-state index < -0.39 is 0 Å². The highest BCUT2D eigenvalue weighted by Crippen LogP contribution is 2.28. The first-order valence-electron chi connectivity index (χ1n) is 6.29. The first kappa shape index (κ1) is 14.6. The van der Waals surface area contributed by atoms with Gasteiger partial charge in [0, 0.05) is 12.1 Å². The number of nitrogens with one attached hydrogen (secondary N) is 1. The van der Waals surface area contributed by atoms with Gasteiger partial charge in [0.2, 0.25) is 5.91 Å². The summed E-state index contributed by atoms with van der Waals surface area (Å²) in [5, 5.41) is 12.3. The van der Waals surface area contributed by atoms with Crippen LogP contribution >= 0.6 is 0 Å². The number of amides is 1. The number of benzene rings is 1. The van der Waals surface area contributed by atoms with Crippen molar-refractivity contribution in [1.82, 2.24) is 0 Å². The van der Waals surface area contributed by atoms with E-state index in [2.05, 4.69) is 33.0 Å². The van der Waals surface area contributed by atoms with Crippen LogP contribution in [-0.2, 0) is 4.79 Å². The molecule has 0 saturated carbocycles. The van der Waals surface area contributed by atoms with Gasteiger partial charge in [0.05, 0.1) is 0 Å². The van der Waals surface area contributed by atoms with Gasteiger partial charge in [-0.25, -0.2) is 0 Å². The van der Waals surface area contributed by atoms with Crippen LogP contribution in [0.15, 0.2) is 18.2 Å². The number of hydrogen-bond donors (Lipinski definition) is 2. The van der Waals surface area contributed by atoms with Crippen molar-refractivity contribution in [3.63, 3.8) is 0 Å². The number of aryl methyl sites for hydroxylation is 1. The van der Waals surface area contributed by atoms with Gasteiger partial charge in [-0.2, -0.15) is 0 Å². The molecule has 0 aliphatic heterocycles. The molecular formula is C15H23NO2. The Hall–Kier alpha value is -1.51. The molecule has 2 N–H and O–H groups in total. The van der Waals surface area contributed by atoms with Crippen LogP contribution in [0.5, 0.6) is 5.75 Å². The first-order chi connectivity index (χ1) is 8.20. The van der Waals surface area contributed by atoms with Crippen molar-refractivity contribution in [2.75, 3.05) is 5.32 Å². The lowest BCUT2D eigenvalue weighted by molar-refractivity contribution is -0.117. The molecule has 3 nitrogen and oxygen atoms in total. The van der Waals surface area contributed by atoms with Crippen LogP contribution in [0, 0.1) is 18.3 Å². The number of carbonyl (C=O) groups is 1. The molecule has 0 radical (unpaired) electrons. The molecule has 100 valence electrons. The molecular weight excluding hydrogens is 226 g/mol. The van der Waals surface area contributed by atoms with E-state index in [4.69, 9.17) is 0 Å². The summed E-state index contributed by atoms with van der Waals surface area (Å²) in [5.74, 6) is 0.578. The largest absolute Gasteiger partial charge is 0.508 e. The van der Waals surface area contributed by atoms with Crippen molar-refractivity contribution in [3.05, 3.63) is 23.8 Å². The zero-order chi connectivity index (χ0) is 13.9. The molecule has 1 amide bonds. The van der Waals surface area contributed by atoms with Gasteiger partial charge in [0.15, 0.2) is 0 Å². The maximum Gasteiger partial charge on any atom is 0.224 e. The SMILES string of the molecule is Cc1cc(NC(=O)CC(C)C(C)(C)C)ccc1O. The minimum absolute atomic E-state index is 0.0162. The van der Waals surface area contributed by atoms with Gasteiger partial charge >= 0.3 is 0 Å². The summed E-state index contributed by atoms with van der Waals surface area (Å²) in [4.78, 5) is 11.9. The monoisotopic (exact) mass is 249 g/mol. The molecule has 0 heterocycles. The summed E-state index contributed by atoms with van der Waals surface area (Å²) in [5.41, 5.74) is 1.62. The average Bonchev–Trinajstić information content (AvgIpc) is 2.22. The number of hydrogen-bond acceptors (Lipinski definition) is 2. The van der Waals surface area contributed by atoms with Gasteiger partial charge in [-0.15, -0.1) is 0 Å². The molecule has 0 spiro atoms. The maximum absolute atomic E-state index is 11.9. The molecule has 0 aliphatic rings. The van der Waals surface area contributed by atoms with Crippen LogP contribution in [-0.4, -0.2) is 11.0 Å². The molecule has 1 rings (SSSR count). The summed E-state index contributed by atoms with van der Waals surface area (Å²) in [6, 6.07) is 5.08. The van der Waals surface area contributed by atoms with Gasteiger partial charge in [-0.1, -0.05) is 27.7 Å². The van der Waals surface area contributed by atoms with Crippen LogP contribution in [0.4, 0.5) is 5.69 Å². The fourth-order valence-corrected chi connectivity index (χ4v) is 1.53. The van der Waals surface area contributed by atoms with Gasteiger partial charge < -0.3 is 10.4 Å². The van der Waals surface area contributed by atoms with Crippen LogP contribution in [0.2, 0.25) is 0 Å². The number of rotatable bonds is 3. The highest BCUT2D eigenvalue weighted by Gasteiger charge is 2.22. The lowest BCUT2D eigenvalue weighted by Gasteiger charge is -2.26. The molecule has 1 atom stereocenters. The molecule has 18 heavy (non-hydrogen) atoms. The molecule has 0 saturated heterocycles. The maximum atomic E-state index is 11.9. The number of aromatic hydroxyl groups is 1. The summed E-state index contributed by atoms with van der Waals surface area (Å²) < 4.78 is 0. The Morgan fingerprint density at radius 2 is 2.00 bits per heavy atom. The summed E-state index contributed by atoms with van der Waals surface area (Å²) in [6.07, 6.45) is 0.503. The minimum atomic E-state index is 0.0162. The third kappa shape index (κ3) is 4.06. The third-order valence-electron chi connectivity index (χ3n) is 3.45. The van der Waals surface area contributed by atoms with Crippen LogP contribution < -0.4 is 5.32 Å². The lowest BCUT2D eigenvalue weighted by atomic mass is 9.80. The first-order valence-corrected chi connectivity index (χ1v) is 6.29. The highest BCUT2D eigenvalue weighted by molar-refractivity contribution is 5.91. The van der Waals surface area contributed by atoms with E-state index >= 15 is 0 Å². The molecule has 0 bridgehead atoms. The zero-order valence-corrected chi connectivity index (χ0v) is 11.9. The summed E-state index contributed by atoms with van der Waals surface area (Å²) in [6.45, 7) is 10.3. The molecule has 1 aromatic carbocycles. The van der Waals surface area contributed by atoms with Gasteiger partial charge in [-0.05, 0) is 42.0 Å². The Labute approximate surface area is 109 Å². The van der Waals surface area contributed by atoms with Crippen LogP contribution in [0.1, 0.15) is 39.7 Å². The Morgan fingerprint density at radius 1 is 1.39 bits per heavy atom. The third-order valence-corrected chi connectivity index (χ3v) is 3.45. The Morgan fingerprint density at radius 3 is 2.50 bits per heavy atom. The van der Waals surface area contributed by atoms with E-state index in [9.17, 15) is 9.90 Å². The second kappa shape index (κ2) is 5.42. The lowest BCUT2D eigenvalue weighted by Crippen LogP contribution is -2.23. The normalized spacial score (nSPS) is 13.2. The highest BCUT2D eigenvalue weighted by atomic mass is 16.3. The number of anilines is 1. The van der Waals surface area contributed by atoms with E-state index in [0.717, 1.165) is 11.3 Å². The fraction of sp³-hybridized carbons (Fsp3) is 0.533. The fourth-order valence-electron chi connectivity index (χ4n) is 1.53. The van der Waals surface area contributed by atoms with E-state index in [1.165, 1.54) is 0 Å². The smallest absolute Gasteiger partial charge is 0.224 e. The number of phenolic OH excluding ortho intramolecular Hbond substituents is 1. The van der Waals surface area contributed by atoms with E-state index in [1.807, 2.05) is 6.92 Å². The van der Waals surface area contributed by atoms with Crippen LogP contribution in [0.25, 0.3) is 0 Å². The van der Waals surface area contributed by atoms with E-state index in [-0.39, 0.29) is 17.1 Å². The molecule has 0 aliphatic carbocycles. The predicted octanol–water partition coefficient (Wildman–Crippen LogP) is 3.71. The number of phenols is 1. The zero-order valence-electron chi connectivity index (χ0n) is 11.9. The Balaban J connectivity index is 2.62. The Bertz CT molecular complexity index is 433. The quantitative estimate of drug-likeness (QED) is 0.802. The standard InChI is InChI=1S/C15H23NO2/c1-10-8-12(6-7-13(10)17)16-14(18)9-11(2)15(3,4)5/h6-8,11,17H,9H2,1-5H3,(H,16,18). The second-order valence-electron chi connectivity index (χ2n) is 6.02. The molecule has 1 unspecified atom stereocenters. The van der Waals surface area contributed by atoms with Gasteiger partial charge in [0.1, 0.15) is 5.75 Å². The van der Waals surface area contributed by atoms with Crippen molar-refractivity contribution in [3.8, 4) is 5.75 Å². The molecule has 0 fully saturated rings. The van der Waals surface area contributed by atoms with Crippen LogP contribution in [0.3, 0.4) is 0 Å². The van der Waals surface area contributed by atoms with E-state index in [0.29, 0.717) is 12.3 Å². The topological polar surface area (TPSA) is 49.3 Å². The summed E-state index contributed by atoms with van der Waals surface area (Å²) >= 11 is 0. The number of carbonyl (C=O) groups excluding carboxylic acids is 1. The van der Waals surface area contributed by atoms with Crippen molar-refractivity contribution in [1.29, 1.82) is 0 Å². The second-order valence-corrected chi connectivity index (χ2v) is 6.02. The molecule has 1 aromatic rings.